The zero-order valence-electron chi connectivity index (χ0n) is 13.5. The molecule has 0 rings (SSSR count). The molecule has 18 heavy (non-hydrogen) atoms. The van der Waals surface area contributed by atoms with Gasteiger partial charge in [-0.3, -0.25) is 0 Å². The highest BCUT2D eigenvalue weighted by Gasteiger charge is 2.23. The molecule has 0 aromatic heterocycles. The summed E-state index contributed by atoms with van der Waals surface area (Å²) in [6, 6.07) is 0. The molecule has 2 heteroatoms. The first kappa shape index (κ1) is 17.9. The summed E-state index contributed by atoms with van der Waals surface area (Å²) in [5.41, 5.74) is 6.14. The molecule has 2 nitrogen and oxygen atoms in total. The molecule has 0 heterocycles. The second-order valence-electron chi connectivity index (χ2n) is 6.57. The Labute approximate surface area is 115 Å². The van der Waals surface area contributed by atoms with Gasteiger partial charge < -0.3 is 10.6 Å². The van der Waals surface area contributed by atoms with E-state index in [1.165, 1.54) is 51.7 Å². The third-order valence-electron chi connectivity index (χ3n) is 4.04. The van der Waals surface area contributed by atoms with Crippen LogP contribution in [0.4, 0.5) is 0 Å². The fraction of sp³-hybridized carbons (Fsp3) is 1.00. The van der Waals surface area contributed by atoms with Gasteiger partial charge in [0.25, 0.3) is 0 Å². The molecule has 1 atom stereocenters. The Kier molecular flexibility index (Phi) is 9.76. The van der Waals surface area contributed by atoms with Crippen molar-refractivity contribution >= 4 is 0 Å². The number of unbranched alkanes of at least 4 members (excludes halogenated alkanes) is 1. The van der Waals surface area contributed by atoms with Crippen LogP contribution in [-0.4, -0.2) is 31.1 Å². The third-order valence-corrected chi connectivity index (χ3v) is 4.04. The fourth-order valence-corrected chi connectivity index (χ4v) is 2.58. The molecule has 0 aliphatic rings. The van der Waals surface area contributed by atoms with Gasteiger partial charge in [-0.15, -0.1) is 0 Å². The van der Waals surface area contributed by atoms with Crippen LogP contribution in [0.15, 0.2) is 0 Å². The summed E-state index contributed by atoms with van der Waals surface area (Å²) in [6.07, 6.45) is 6.45. The minimum Gasteiger partial charge on any atom is -0.330 e. The molecule has 0 radical (unpaired) electrons. The molecule has 0 saturated heterocycles. The molecule has 0 aromatic carbocycles. The van der Waals surface area contributed by atoms with Crippen molar-refractivity contribution in [2.75, 3.05) is 26.2 Å². The molecule has 0 bridgehead atoms. The molecule has 0 fully saturated rings. The van der Waals surface area contributed by atoms with Crippen LogP contribution >= 0.6 is 0 Å². The van der Waals surface area contributed by atoms with Gasteiger partial charge in [0.05, 0.1) is 0 Å². The predicted molar refractivity (Wildman–Crippen MR) is 82.9 cm³/mol. The van der Waals surface area contributed by atoms with E-state index in [4.69, 9.17) is 5.73 Å². The van der Waals surface area contributed by atoms with Crippen molar-refractivity contribution in [1.29, 1.82) is 0 Å². The number of nitrogens with zero attached hydrogens (tertiary/aromatic N) is 1. The van der Waals surface area contributed by atoms with Gasteiger partial charge in [0.2, 0.25) is 0 Å². The van der Waals surface area contributed by atoms with Crippen LogP contribution in [0.2, 0.25) is 0 Å². The minimum atomic E-state index is 0.403. The van der Waals surface area contributed by atoms with E-state index in [2.05, 4.69) is 39.5 Å². The number of rotatable bonds is 10. The van der Waals surface area contributed by atoms with Gasteiger partial charge in [-0.2, -0.15) is 0 Å². The zero-order valence-corrected chi connectivity index (χ0v) is 13.5. The van der Waals surface area contributed by atoms with Crippen molar-refractivity contribution in [3.05, 3.63) is 0 Å². The van der Waals surface area contributed by atoms with E-state index in [-0.39, 0.29) is 0 Å². The Balaban J connectivity index is 3.96. The molecule has 0 saturated carbocycles. The molecule has 110 valence electrons. The maximum absolute atomic E-state index is 5.74. The van der Waals surface area contributed by atoms with E-state index in [9.17, 15) is 0 Å². The largest absolute Gasteiger partial charge is 0.330 e. The van der Waals surface area contributed by atoms with Crippen LogP contribution in [0.1, 0.15) is 66.7 Å². The van der Waals surface area contributed by atoms with Crippen molar-refractivity contribution in [3.63, 3.8) is 0 Å². The van der Waals surface area contributed by atoms with E-state index >= 15 is 0 Å². The Morgan fingerprint density at radius 3 is 2.06 bits per heavy atom. The molecule has 1 unspecified atom stereocenters. The third kappa shape index (κ3) is 8.10. The lowest BCUT2D eigenvalue weighted by Crippen LogP contribution is -2.28. The van der Waals surface area contributed by atoms with Crippen molar-refractivity contribution < 1.29 is 0 Å². The Morgan fingerprint density at radius 2 is 1.61 bits per heavy atom. The molecule has 0 amide bonds. The molecular formula is C16H36N2. The molecule has 0 spiro atoms. The summed E-state index contributed by atoms with van der Waals surface area (Å²) in [4.78, 5) is 2.59. The summed E-state index contributed by atoms with van der Waals surface area (Å²) < 4.78 is 0. The van der Waals surface area contributed by atoms with Crippen LogP contribution < -0.4 is 5.73 Å². The number of hydrogen-bond acceptors (Lipinski definition) is 2. The van der Waals surface area contributed by atoms with Crippen molar-refractivity contribution in [1.82, 2.24) is 4.90 Å². The summed E-state index contributed by atoms with van der Waals surface area (Å²) in [5, 5.41) is 0. The molecule has 0 aliphatic carbocycles. The van der Waals surface area contributed by atoms with Gasteiger partial charge in [0, 0.05) is 0 Å². The lowest BCUT2D eigenvalue weighted by atomic mass is 9.76. The van der Waals surface area contributed by atoms with Crippen molar-refractivity contribution in [2.45, 2.75) is 66.7 Å². The van der Waals surface area contributed by atoms with Gasteiger partial charge in [0.15, 0.2) is 0 Å². The Bertz CT molecular complexity index is 184. The first-order chi connectivity index (χ1) is 8.45. The van der Waals surface area contributed by atoms with Crippen molar-refractivity contribution in [3.8, 4) is 0 Å². The maximum atomic E-state index is 5.74. The van der Waals surface area contributed by atoms with Gasteiger partial charge in [-0.05, 0) is 63.2 Å². The lowest BCUT2D eigenvalue weighted by Gasteiger charge is -2.31. The second-order valence-corrected chi connectivity index (χ2v) is 6.57. The Hall–Kier alpha value is -0.0800. The average Bonchev–Trinajstić information content (AvgIpc) is 2.30. The van der Waals surface area contributed by atoms with Gasteiger partial charge in [-0.25, -0.2) is 0 Å². The topological polar surface area (TPSA) is 29.3 Å². The standard InChI is InChI=1S/C16H36N2/c1-6-8-13-18(7-2)14-9-10-15(11-12-17)16(3,4)5/h15H,6-14,17H2,1-5H3. The monoisotopic (exact) mass is 256 g/mol. The summed E-state index contributed by atoms with van der Waals surface area (Å²) in [7, 11) is 0. The number of nitrogens with two attached hydrogens (primary N) is 1. The second kappa shape index (κ2) is 9.80. The SMILES string of the molecule is CCCCN(CC)CCCC(CCN)C(C)(C)C. The van der Waals surface area contributed by atoms with E-state index in [0.29, 0.717) is 5.41 Å². The van der Waals surface area contributed by atoms with Gasteiger partial charge in [-0.1, -0.05) is 41.0 Å². The predicted octanol–water partition coefficient (Wildman–Crippen LogP) is 3.90. The van der Waals surface area contributed by atoms with Gasteiger partial charge >= 0.3 is 0 Å². The summed E-state index contributed by atoms with van der Waals surface area (Å²) in [6.45, 7) is 16.1. The molecule has 0 aliphatic heterocycles. The normalized spacial score (nSPS) is 14.2. The maximum Gasteiger partial charge on any atom is -0.00187 e. The van der Waals surface area contributed by atoms with E-state index in [1.807, 2.05) is 0 Å². The minimum absolute atomic E-state index is 0.403. The fourth-order valence-electron chi connectivity index (χ4n) is 2.58. The van der Waals surface area contributed by atoms with Crippen LogP contribution in [0.25, 0.3) is 0 Å². The lowest BCUT2D eigenvalue weighted by molar-refractivity contribution is 0.194. The highest BCUT2D eigenvalue weighted by molar-refractivity contribution is 4.75. The van der Waals surface area contributed by atoms with Crippen LogP contribution in [0.3, 0.4) is 0 Å². The summed E-state index contributed by atoms with van der Waals surface area (Å²) >= 11 is 0. The van der Waals surface area contributed by atoms with E-state index < -0.39 is 0 Å². The van der Waals surface area contributed by atoms with E-state index in [1.54, 1.807) is 0 Å². The first-order valence-electron chi connectivity index (χ1n) is 7.88. The highest BCUT2D eigenvalue weighted by atomic mass is 15.1. The molecule has 0 aromatic rings. The molecular weight excluding hydrogens is 220 g/mol. The van der Waals surface area contributed by atoms with Crippen molar-refractivity contribution in [2.24, 2.45) is 17.1 Å². The van der Waals surface area contributed by atoms with Crippen LogP contribution in [-0.2, 0) is 0 Å². The van der Waals surface area contributed by atoms with E-state index in [0.717, 1.165) is 12.5 Å². The molecule has 2 N–H and O–H groups in total. The first-order valence-corrected chi connectivity index (χ1v) is 7.88. The van der Waals surface area contributed by atoms with Crippen LogP contribution in [0.5, 0.6) is 0 Å². The zero-order chi connectivity index (χ0) is 14.0. The quantitative estimate of drug-likeness (QED) is 0.642. The van der Waals surface area contributed by atoms with Crippen LogP contribution in [0, 0.1) is 11.3 Å². The average molecular weight is 256 g/mol. The Morgan fingerprint density at radius 1 is 1.00 bits per heavy atom. The summed E-state index contributed by atoms with van der Waals surface area (Å²) in [5.74, 6) is 0.771. The smallest absolute Gasteiger partial charge is 0.00187 e. The van der Waals surface area contributed by atoms with Gasteiger partial charge in [0.1, 0.15) is 0 Å². The number of hydrogen-bond donors (Lipinski definition) is 1. The highest BCUT2D eigenvalue weighted by Crippen LogP contribution is 2.32.